The summed E-state index contributed by atoms with van der Waals surface area (Å²) < 4.78 is 4.90. The molecule has 0 amide bonds. The molecule has 9 aromatic carbocycles. The Hall–Kier alpha value is -7.62. The molecule has 0 saturated carbocycles. The van der Waals surface area contributed by atoms with Gasteiger partial charge in [0.15, 0.2) is 0 Å². The molecule has 0 atom stereocenters. The largest absolute Gasteiger partial charge is 0.310 e. The second-order valence-electron chi connectivity index (χ2n) is 15.7. The Morgan fingerprint density at radius 3 is 1.36 bits per heavy atom. The van der Waals surface area contributed by atoms with Crippen LogP contribution in [0.5, 0.6) is 0 Å². The third kappa shape index (κ3) is 4.02. The Morgan fingerprint density at radius 2 is 0.724 bits per heavy atom. The predicted molar refractivity (Wildman–Crippen MR) is 241 cm³/mol. The van der Waals surface area contributed by atoms with Crippen LogP contribution >= 0.6 is 0 Å². The molecule has 1 aliphatic heterocycles. The summed E-state index contributed by atoms with van der Waals surface area (Å²) in [5.41, 5.74) is 17.9. The van der Waals surface area contributed by atoms with Gasteiger partial charge in [-0.1, -0.05) is 152 Å². The van der Waals surface area contributed by atoms with Crippen LogP contribution in [0.15, 0.2) is 212 Å². The fourth-order valence-corrected chi connectivity index (χ4v) is 10.7. The number of hydrogen-bond donors (Lipinski definition) is 0. The number of hydrogen-bond acceptors (Lipinski definition) is 1. The van der Waals surface area contributed by atoms with Crippen LogP contribution < -0.4 is 4.90 Å². The first-order valence-electron chi connectivity index (χ1n) is 20.1. The normalized spacial score (nSPS) is 13.6. The average Bonchev–Trinajstić information content (AvgIpc) is 3.91. The predicted octanol–water partition coefficient (Wildman–Crippen LogP) is 14.0. The van der Waals surface area contributed by atoms with Gasteiger partial charge in [-0.15, -0.1) is 0 Å². The monoisotopic (exact) mass is 737 g/mol. The maximum absolute atomic E-state index is 2.49. The molecule has 1 aliphatic carbocycles. The first-order chi connectivity index (χ1) is 28.8. The van der Waals surface area contributed by atoms with E-state index in [1.165, 1.54) is 88.4 Å². The van der Waals surface area contributed by atoms with Crippen LogP contribution in [0.25, 0.3) is 66.1 Å². The van der Waals surface area contributed by atoms with Crippen molar-refractivity contribution in [1.82, 2.24) is 9.13 Å². The van der Waals surface area contributed by atoms with E-state index in [0.29, 0.717) is 0 Å². The van der Waals surface area contributed by atoms with Crippen molar-refractivity contribution in [2.45, 2.75) is 5.41 Å². The van der Waals surface area contributed by atoms with Gasteiger partial charge in [0.25, 0.3) is 0 Å². The van der Waals surface area contributed by atoms with Gasteiger partial charge in [0, 0.05) is 38.6 Å². The maximum Gasteiger partial charge on any atom is 0.0754 e. The fourth-order valence-electron chi connectivity index (χ4n) is 10.7. The Kier molecular flexibility index (Phi) is 6.37. The van der Waals surface area contributed by atoms with Crippen LogP contribution in [0.4, 0.5) is 17.1 Å². The molecule has 13 rings (SSSR count). The smallest absolute Gasteiger partial charge is 0.0754 e. The van der Waals surface area contributed by atoms with E-state index in [-0.39, 0.29) is 0 Å². The van der Waals surface area contributed by atoms with Gasteiger partial charge in [0.2, 0.25) is 0 Å². The zero-order valence-electron chi connectivity index (χ0n) is 31.5. The lowest BCUT2D eigenvalue weighted by Crippen LogP contribution is -2.36. The number of nitrogens with zero attached hydrogens (tertiary/aromatic N) is 3. The molecule has 0 N–H and O–H groups in total. The molecule has 0 saturated heterocycles. The van der Waals surface area contributed by atoms with Crippen LogP contribution in [-0.4, -0.2) is 9.13 Å². The molecular weight excluding hydrogens is 703 g/mol. The summed E-state index contributed by atoms with van der Waals surface area (Å²) in [6, 6.07) is 78.6. The number of benzene rings is 9. The minimum atomic E-state index is -0.493. The molecule has 11 aromatic rings. The van der Waals surface area contributed by atoms with Crippen molar-refractivity contribution in [3.05, 3.63) is 235 Å². The first kappa shape index (κ1) is 31.6. The van der Waals surface area contributed by atoms with Crippen molar-refractivity contribution in [3.8, 4) is 22.5 Å². The maximum atomic E-state index is 2.49. The number of anilines is 3. The van der Waals surface area contributed by atoms with Gasteiger partial charge in [-0.25, -0.2) is 0 Å². The summed E-state index contributed by atoms with van der Waals surface area (Å²) in [5, 5.41) is 5.00. The molecule has 3 heterocycles. The third-order valence-corrected chi connectivity index (χ3v) is 12.9. The van der Waals surface area contributed by atoms with E-state index in [4.69, 9.17) is 0 Å². The van der Waals surface area contributed by atoms with Crippen LogP contribution in [0.2, 0.25) is 0 Å². The van der Waals surface area contributed by atoms with E-state index in [9.17, 15) is 0 Å². The molecule has 3 nitrogen and oxygen atoms in total. The van der Waals surface area contributed by atoms with Gasteiger partial charge >= 0.3 is 0 Å². The molecule has 2 aliphatic rings. The lowest BCUT2D eigenvalue weighted by molar-refractivity contribution is 0.752. The molecular formula is C55H35N3. The molecule has 0 bridgehead atoms. The minimum absolute atomic E-state index is 0.493. The van der Waals surface area contributed by atoms with Crippen LogP contribution in [0, 0.1) is 0 Å². The Bertz CT molecular complexity index is 3380. The van der Waals surface area contributed by atoms with Gasteiger partial charge in [-0.2, -0.15) is 0 Å². The van der Waals surface area contributed by atoms with E-state index < -0.39 is 5.41 Å². The van der Waals surface area contributed by atoms with Crippen molar-refractivity contribution in [2.24, 2.45) is 0 Å². The molecule has 58 heavy (non-hydrogen) atoms. The molecule has 1 spiro atoms. The molecule has 2 aromatic heterocycles. The molecule has 270 valence electrons. The molecule has 0 fully saturated rings. The van der Waals surface area contributed by atoms with Gasteiger partial charge in [0.1, 0.15) is 0 Å². The lowest BCUT2D eigenvalue weighted by Gasteiger charge is -2.45. The van der Waals surface area contributed by atoms with Crippen LogP contribution in [0.3, 0.4) is 0 Å². The van der Waals surface area contributed by atoms with E-state index in [1.807, 2.05) is 0 Å². The highest BCUT2D eigenvalue weighted by Gasteiger charge is 2.51. The number of fused-ring (bicyclic) bond motifs is 15. The van der Waals surface area contributed by atoms with Crippen LogP contribution in [0.1, 0.15) is 22.3 Å². The van der Waals surface area contributed by atoms with Crippen LogP contribution in [-0.2, 0) is 5.41 Å². The standard InChI is InChI=1S/C55H35N3/c1-2-16-36(17-3-1)56-52-29-15-11-25-47(52)55(45-23-9-4-18-39(45)40-19-5-10-24-46(40)55)48-33-31-38(35-54(48)56)58-51-28-14-8-22-43(51)44-32-30-37(34-53(44)58)57-49-26-12-6-20-41(49)42-21-7-13-27-50(42)57/h1-35H. The van der Waals surface area contributed by atoms with Crippen molar-refractivity contribution >= 4 is 60.7 Å². The highest BCUT2D eigenvalue weighted by molar-refractivity contribution is 6.12. The van der Waals surface area contributed by atoms with Gasteiger partial charge in [-0.05, 0) is 94.0 Å². The molecule has 3 heteroatoms. The van der Waals surface area contributed by atoms with Gasteiger partial charge in [-0.3, -0.25) is 0 Å². The topological polar surface area (TPSA) is 13.1 Å². The van der Waals surface area contributed by atoms with E-state index in [1.54, 1.807) is 0 Å². The average molecular weight is 738 g/mol. The summed E-state index contributed by atoms with van der Waals surface area (Å²) in [6.45, 7) is 0. The summed E-state index contributed by atoms with van der Waals surface area (Å²) in [4.78, 5) is 2.49. The van der Waals surface area contributed by atoms with Crippen molar-refractivity contribution < 1.29 is 0 Å². The first-order valence-corrected chi connectivity index (χ1v) is 20.1. The third-order valence-electron chi connectivity index (χ3n) is 12.9. The van der Waals surface area contributed by atoms with Gasteiger partial charge in [0.05, 0.1) is 38.9 Å². The lowest BCUT2D eigenvalue weighted by atomic mass is 9.64. The Morgan fingerprint density at radius 1 is 0.276 bits per heavy atom. The number of aromatic nitrogens is 2. The van der Waals surface area contributed by atoms with E-state index in [0.717, 1.165) is 17.1 Å². The summed E-state index contributed by atoms with van der Waals surface area (Å²) in [5.74, 6) is 0. The van der Waals surface area contributed by atoms with E-state index in [2.05, 4.69) is 226 Å². The fraction of sp³-hybridized carbons (Fsp3) is 0.0182. The Balaban J connectivity index is 1.13. The minimum Gasteiger partial charge on any atom is -0.310 e. The number of para-hydroxylation sites is 5. The zero-order chi connectivity index (χ0) is 38.0. The highest BCUT2D eigenvalue weighted by atomic mass is 15.2. The van der Waals surface area contributed by atoms with Crippen molar-refractivity contribution in [3.63, 3.8) is 0 Å². The second kappa shape index (κ2) is 11.7. The quantitative estimate of drug-likeness (QED) is 0.176. The van der Waals surface area contributed by atoms with Gasteiger partial charge < -0.3 is 14.0 Å². The molecule has 0 unspecified atom stereocenters. The second-order valence-corrected chi connectivity index (χ2v) is 15.7. The SMILES string of the molecule is c1ccc(N2c3ccccc3C3(c4ccccc4-c4ccccc43)c3ccc(-n4c5ccccc5c5ccc(-n6c7ccccc7c7ccccc76)cc54)cc32)cc1. The Labute approximate surface area is 335 Å². The molecule has 0 radical (unpaired) electrons. The zero-order valence-corrected chi connectivity index (χ0v) is 31.5. The van der Waals surface area contributed by atoms with Crippen molar-refractivity contribution in [2.75, 3.05) is 4.90 Å². The van der Waals surface area contributed by atoms with E-state index >= 15 is 0 Å². The summed E-state index contributed by atoms with van der Waals surface area (Å²) >= 11 is 0. The van der Waals surface area contributed by atoms with Crippen molar-refractivity contribution in [1.29, 1.82) is 0 Å². The highest BCUT2D eigenvalue weighted by Crippen LogP contribution is 2.63. The number of rotatable bonds is 3. The summed E-state index contributed by atoms with van der Waals surface area (Å²) in [6.07, 6.45) is 0. The summed E-state index contributed by atoms with van der Waals surface area (Å²) in [7, 11) is 0.